The van der Waals surface area contributed by atoms with Crippen molar-refractivity contribution in [2.75, 3.05) is 18.1 Å². The number of amides is 2. The lowest BCUT2D eigenvalue weighted by atomic mass is 9.97. The molecule has 0 bridgehead atoms. The van der Waals surface area contributed by atoms with Gasteiger partial charge in [-0.15, -0.1) is 0 Å². The minimum Gasteiger partial charge on any atom is -0.396 e. The lowest BCUT2D eigenvalue weighted by Gasteiger charge is -2.38. The van der Waals surface area contributed by atoms with Gasteiger partial charge in [-0.1, -0.05) is 6.42 Å². The van der Waals surface area contributed by atoms with Crippen LogP contribution in [-0.2, 0) is 9.59 Å². The minimum absolute atomic E-state index is 0.0576. The zero-order valence-electron chi connectivity index (χ0n) is 13.8. The number of benzene rings is 1. The number of carbonyl (C=O) groups excluding carboxylic acids is 2. The Morgan fingerprint density at radius 1 is 1.20 bits per heavy atom. The summed E-state index contributed by atoms with van der Waals surface area (Å²) in [5.41, 5.74) is 0.275. The van der Waals surface area contributed by atoms with Crippen LogP contribution in [0.5, 0.6) is 0 Å². The average Bonchev–Trinajstić information content (AvgIpc) is 2.90. The van der Waals surface area contributed by atoms with Crippen LogP contribution in [0.1, 0.15) is 32.1 Å². The van der Waals surface area contributed by atoms with Crippen molar-refractivity contribution in [2.45, 2.75) is 44.2 Å². The number of rotatable bonds is 5. The summed E-state index contributed by atoms with van der Waals surface area (Å²) in [5.74, 6) is -0.583. The SMILES string of the molecule is O=C1C[C@@H](N2CCCC[C@@H]2CCO)C(=O)N1c1ccc([N+](=O)[O-])cc1. The van der Waals surface area contributed by atoms with Crippen LogP contribution in [-0.4, -0.2) is 52.0 Å². The topological polar surface area (TPSA) is 104 Å². The molecule has 0 aromatic heterocycles. The maximum absolute atomic E-state index is 12.9. The number of hydrogen-bond acceptors (Lipinski definition) is 6. The first-order chi connectivity index (χ1) is 12.0. The standard InChI is InChI=1S/C17H21N3O5/c21-10-8-12-3-1-2-9-18(12)15-11-16(22)19(17(15)23)13-4-6-14(7-5-13)20(24)25/h4-7,12,15,21H,1-3,8-11H2/t12-,15-/m1/s1. The summed E-state index contributed by atoms with van der Waals surface area (Å²) in [6.45, 7) is 0.796. The molecule has 0 unspecified atom stereocenters. The van der Waals surface area contributed by atoms with E-state index < -0.39 is 11.0 Å². The first-order valence-electron chi connectivity index (χ1n) is 8.51. The van der Waals surface area contributed by atoms with Crippen LogP contribution in [0, 0.1) is 10.1 Å². The van der Waals surface area contributed by atoms with Crippen molar-refractivity contribution in [1.29, 1.82) is 0 Å². The molecule has 134 valence electrons. The maximum atomic E-state index is 12.9. The summed E-state index contributed by atoms with van der Waals surface area (Å²) in [6.07, 6.45) is 3.64. The van der Waals surface area contributed by atoms with Crippen LogP contribution in [0.25, 0.3) is 0 Å². The normalized spacial score (nSPS) is 24.8. The Bertz CT molecular complexity index is 673. The Morgan fingerprint density at radius 2 is 1.92 bits per heavy atom. The average molecular weight is 347 g/mol. The van der Waals surface area contributed by atoms with Gasteiger partial charge in [0.15, 0.2) is 0 Å². The monoisotopic (exact) mass is 347 g/mol. The van der Waals surface area contributed by atoms with E-state index in [4.69, 9.17) is 0 Å². The molecular formula is C17H21N3O5. The molecule has 3 rings (SSSR count). The maximum Gasteiger partial charge on any atom is 0.269 e. The fourth-order valence-corrected chi connectivity index (χ4v) is 3.76. The van der Waals surface area contributed by atoms with E-state index in [0.717, 1.165) is 30.7 Å². The number of likely N-dealkylation sites (tertiary alicyclic amines) is 1. The van der Waals surface area contributed by atoms with Crippen molar-refractivity contribution in [3.05, 3.63) is 34.4 Å². The largest absolute Gasteiger partial charge is 0.396 e. The molecule has 2 aliphatic rings. The fraction of sp³-hybridized carbons (Fsp3) is 0.529. The second kappa shape index (κ2) is 7.28. The Balaban J connectivity index is 1.80. The van der Waals surface area contributed by atoms with Crippen LogP contribution in [0.2, 0.25) is 0 Å². The number of imide groups is 1. The molecule has 1 N–H and O–H groups in total. The van der Waals surface area contributed by atoms with Crippen molar-refractivity contribution in [3.63, 3.8) is 0 Å². The highest BCUT2D eigenvalue weighted by Gasteiger charge is 2.44. The molecular weight excluding hydrogens is 326 g/mol. The Labute approximate surface area is 145 Å². The van der Waals surface area contributed by atoms with Gasteiger partial charge in [0, 0.05) is 24.8 Å². The molecule has 1 aromatic carbocycles. The number of aliphatic hydroxyl groups is 1. The summed E-state index contributed by atoms with van der Waals surface area (Å²) in [7, 11) is 0. The molecule has 8 nitrogen and oxygen atoms in total. The van der Waals surface area contributed by atoms with Crippen molar-refractivity contribution >= 4 is 23.2 Å². The van der Waals surface area contributed by atoms with E-state index in [0.29, 0.717) is 12.1 Å². The van der Waals surface area contributed by atoms with Gasteiger partial charge in [-0.05, 0) is 37.9 Å². The molecule has 2 amide bonds. The van der Waals surface area contributed by atoms with Crippen molar-refractivity contribution in [2.24, 2.45) is 0 Å². The van der Waals surface area contributed by atoms with Crippen LogP contribution in [0.15, 0.2) is 24.3 Å². The quantitative estimate of drug-likeness (QED) is 0.491. The number of anilines is 1. The molecule has 25 heavy (non-hydrogen) atoms. The fourth-order valence-electron chi connectivity index (χ4n) is 3.76. The predicted octanol–water partition coefficient (Wildman–Crippen LogP) is 1.46. The highest BCUT2D eigenvalue weighted by Crippen LogP contribution is 2.31. The number of aliphatic hydroxyl groups excluding tert-OH is 1. The number of non-ortho nitro benzene ring substituents is 1. The van der Waals surface area contributed by atoms with Crippen LogP contribution >= 0.6 is 0 Å². The molecule has 2 fully saturated rings. The van der Waals surface area contributed by atoms with Gasteiger partial charge < -0.3 is 5.11 Å². The molecule has 8 heteroatoms. The first kappa shape index (κ1) is 17.5. The molecule has 0 spiro atoms. The predicted molar refractivity (Wildman–Crippen MR) is 90.0 cm³/mol. The van der Waals surface area contributed by atoms with Gasteiger partial charge >= 0.3 is 0 Å². The lowest BCUT2D eigenvalue weighted by Crippen LogP contribution is -2.50. The smallest absolute Gasteiger partial charge is 0.269 e. The van der Waals surface area contributed by atoms with Crippen LogP contribution < -0.4 is 4.90 Å². The molecule has 2 heterocycles. The molecule has 2 saturated heterocycles. The summed E-state index contributed by atoms with van der Waals surface area (Å²) in [4.78, 5) is 38.7. The Morgan fingerprint density at radius 3 is 2.56 bits per heavy atom. The summed E-state index contributed by atoms with van der Waals surface area (Å²) >= 11 is 0. The zero-order chi connectivity index (χ0) is 18.0. The molecule has 0 saturated carbocycles. The molecule has 0 aliphatic carbocycles. The number of hydrogen-bond donors (Lipinski definition) is 1. The highest BCUT2D eigenvalue weighted by molar-refractivity contribution is 6.22. The van der Waals surface area contributed by atoms with E-state index in [9.17, 15) is 24.8 Å². The third-order valence-corrected chi connectivity index (χ3v) is 4.98. The van der Waals surface area contributed by atoms with Crippen LogP contribution in [0.4, 0.5) is 11.4 Å². The van der Waals surface area contributed by atoms with Gasteiger partial charge in [0.05, 0.1) is 23.1 Å². The van der Waals surface area contributed by atoms with Crippen molar-refractivity contribution < 1.29 is 19.6 Å². The number of nitro benzene ring substituents is 1. The number of nitrogens with zero attached hydrogens (tertiary/aromatic N) is 3. The summed E-state index contributed by atoms with van der Waals surface area (Å²) in [5, 5.41) is 20.0. The van der Waals surface area contributed by atoms with Crippen LogP contribution in [0.3, 0.4) is 0 Å². The summed E-state index contributed by atoms with van der Waals surface area (Å²) in [6, 6.07) is 5.03. The third kappa shape index (κ3) is 3.40. The Kier molecular flexibility index (Phi) is 5.10. The minimum atomic E-state index is -0.520. The van der Waals surface area contributed by atoms with E-state index >= 15 is 0 Å². The van der Waals surface area contributed by atoms with Gasteiger partial charge in [0.2, 0.25) is 5.91 Å². The molecule has 2 aliphatic heterocycles. The van der Waals surface area contributed by atoms with E-state index in [1.807, 2.05) is 4.90 Å². The van der Waals surface area contributed by atoms with Gasteiger partial charge in [-0.25, -0.2) is 4.90 Å². The van der Waals surface area contributed by atoms with Crippen molar-refractivity contribution in [3.8, 4) is 0 Å². The second-order valence-electron chi connectivity index (χ2n) is 6.46. The van der Waals surface area contributed by atoms with E-state index in [2.05, 4.69) is 0 Å². The number of nitro groups is 1. The van der Waals surface area contributed by atoms with E-state index in [-0.39, 0.29) is 36.6 Å². The van der Waals surface area contributed by atoms with E-state index in [1.165, 1.54) is 24.3 Å². The van der Waals surface area contributed by atoms with Gasteiger partial charge in [-0.3, -0.25) is 24.6 Å². The molecule has 0 radical (unpaired) electrons. The second-order valence-corrected chi connectivity index (χ2v) is 6.46. The Hall–Kier alpha value is -2.32. The van der Waals surface area contributed by atoms with Gasteiger partial charge in [-0.2, -0.15) is 0 Å². The summed E-state index contributed by atoms with van der Waals surface area (Å²) < 4.78 is 0. The molecule has 2 atom stereocenters. The molecule has 1 aromatic rings. The number of carbonyl (C=O) groups is 2. The highest BCUT2D eigenvalue weighted by atomic mass is 16.6. The first-order valence-corrected chi connectivity index (χ1v) is 8.51. The van der Waals surface area contributed by atoms with Gasteiger partial charge in [0.1, 0.15) is 0 Å². The third-order valence-electron chi connectivity index (χ3n) is 4.98. The number of piperidine rings is 1. The van der Waals surface area contributed by atoms with Crippen molar-refractivity contribution in [1.82, 2.24) is 4.90 Å². The zero-order valence-corrected chi connectivity index (χ0v) is 13.8. The van der Waals surface area contributed by atoms with Gasteiger partial charge in [0.25, 0.3) is 11.6 Å². The lowest BCUT2D eigenvalue weighted by molar-refractivity contribution is -0.384. The van der Waals surface area contributed by atoms with E-state index in [1.54, 1.807) is 0 Å².